The van der Waals surface area contributed by atoms with Crippen molar-refractivity contribution in [2.24, 2.45) is 13.0 Å². The van der Waals surface area contributed by atoms with E-state index in [-0.39, 0.29) is 18.6 Å². The summed E-state index contributed by atoms with van der Waals surface area (Å²) >= 11 is 0. The van der Waals surface area contributed by atoms with Gasteiger partial charge in [-0.3, -0.25) is 4.68 Å². The largest absolute Gasteiger partial charge is 0.367 e. The summed E-state index contributed by atoms with van der Waals surface area (Å²) in [5, 5.41) is 4.19. The van der Waals surface area contributed by atoms with Crippen molar-refractivity contribution < 1.29 is 7.48 Å². The number of ether oxygens (including phenoxy) is 1. The number of benzene rings is 1. The number of rotatable bonds is 6. The highest BCUT2D eigenvalue weighted by molar-refractivity contribution is 5.25. The molecule has 2 rings (SSSR count). The molecule has 0 aliphatic rings. The zero-order chi connectivity index (χ0) is 15.5. The van der Waals surface area contributed by atoms with Crippen LogP contribution in [-0.4, -0.2) is 16.4 Å². The molecular formula is C16H22N2O. The maximum absolute atomic E-state index is 8.04. The molecule has 1 unspecified atom stereocenters. The number of nitrogens with zero attached hydrogens (tertiary/aromatic N) is 2. The van der Waals surface area contributed by atoms with Crippen LogP contribution in [0.5, 0.6) is 0 Å². The highest BCUT2D eigenvalue weighted by Gasteiger charge is 2.17. The van der Waals surface area contributed by atoms with Crippen LogP contribution in [0.2, 0.25) is 0 Å². The average molecular weight is 260 g/mol. The van der Waals surface area contributed by atoms with Gasteiger partial charge in [0.25, 0.3) is 0 Å². The van der Waals surface area contributed by atoms with Crippen LogP contribution in [0.1, 0.15) is 40.3 Å². The minimum atomic E-state index is -1.36. The zero-order valence-corrected chi connectivity index (χ0v) is 11.7. The third-order valence-electron chi connectivity index (χ3n) is 2.97. The lowest BCUT2D eigenvalue weighted by atomic mass is 10.1. The molecule has 0 bridgehead atoms. The maximum atomic E-state index is 8.04. The first kappa shape index (κ1) is 11.2. The second-order valence-electron chi connectivity index (χ2n) is 4.84. The summed E-state index contributed by atoms with van der Waals surface area (Å²) in [5.74, 6) is -0.0968. The Morgan fingerprint density at radius 1 is 1.26 bits per heavy atom. The molecule has 0 saturated carbocycles. The first-order valence-electron chi connectivity index (χ1n) is 7.56. The lowest BCUT2D eigenvalue weighted by Crippen LogP contribution is -2.12. The quantitative estimate of drug-likeness (QED) is 0.794. The Bertz CT molecular complexity index is 567. The van der Waals surface area contributed by atoms with Gasteiger partial charge in [-0.05, 0) is 23.9 Å². The lowest BCUT2D eigenvalue weighted by Gasteiger charge is -2.19. The van der Waals surface area contributed by atoms with E-state index in [4.69, 9.17) is 7.48 Å². The van der Waals surface area contributed by atoms with Crippen LogP contribution in [0.4, 0.5) is 0 Å². The Morgan fingerprint density at radius 2 is 2.00 bits per heavy atom. The number of aryl methyl sites for hydroxylation is 1. The molecule has 0 N–H and O–H groups in total. The summed E-state index contributed by atoms with van der Waals surface area (Å²) in [6.07, 6.45) is 0.0599. The Labute approximate surface area is 118 Å². The van der Waals surface area contributed by atoms with Gasteiger partial charge < -0.3 is 4.74 Å². The molecule has 3 nitrogen and oxygen atoms in total. The molecule has 0 radical (unpaired) electrons. The van der Waals surface area contributed by atoms with Crippen molar-refractivity contribution in [1.82, 2.24) is 9.78 Å². The molecule has 1 heterocycles. The normalized spacial score (nSPS) is 15.2. The van der Waals surface area contributed by atoms with Gasteiger partial charge in [-0.1, -0.05) is 44.2 Å². The third kappa shape index (κ3) is 3.67. The van der Waals surface area contributed by atoms with E-state index in [0.29, 0.717) is 0 Å². The minimum absolute atomic E-state index is 0.0510. The van der Waals surface area contributed by atoms with Crippen molar-refractivity contribution in [3.63, 3.8) is 0 Å². The van der Waals surface area contributed by atoms with Gasteiger partial charge in [0, 0.05) is 22.6 Å². The van der Waals surface area contributed by atoms with Crippen molar-refractivity contribution in [2.75, 3.05) is 6.61 Å². The Kier molecular flexibility index (Phi) is 3.86. The van der Waals surface area contributed by atoms with Crippen LogP contribution in [0.25, 0.3) is 0 Å². The lowest BCUT2D eigenvalue weighted by molar-refractivity contribution is 0.0669. The smallest absolute Gasteiger partial charge is 0.124 e. The fourth-order valence-corrected chi connectivity index (χ4v) is 1.92. The van der Waals surface area contributed by atoms with E-state index in [1.807, 2.05) is 57.3 Å². The fourth-order valence-electron chi connectivity index (χ4n) is 1.92. The molecule has 0 saturated heterocycles. The minimum Gasteiger partial charge on any atom is -0.367 e. The Balaban J connectivity index is 2.24. The van der Waals surface area contributed by atoms with E-state index in [0.717, 1.165) is 11.3 Å². The van der Waals surface area contributed by atoms with Crippen LogP contribution in [0.15, 0.2) is 42.6 Å². The van der Waals surface area contributed by atoms with Gasteiger partial charge in [0.2, 0.25) is 0 Å². The summed E-state index contributed by atoms with van der Waals surface area (Å²) in [4.78, 5) is 0. The maximum Gasteiger partial charge on any atom is 0.124 e. The topological polar surface area (TPSA) is 27.1 Å². The van der Waals surface area contributed by atoms with Gasteiger partial charge in [0.15, 0.2) is 0 Å². The van der Waals surface area contributed by atoms with Gasteiger partial charge in [-0.25, -0.2) is 0 Å². The van der Waals surface area contributed by atoms with E-state index in [2.05, 4.69) is 5.10 Å². The standard InChI is InChI=1S/C16H22N2O/c1-13(2)10-12-19-16(14-7-5-4-6-8-14)15-9-11-17-18(15)3/h4-9,11,13,16H,10,12H2,1-3H3/i10D2. The second kappa shape index (κ2) is 6.53. The summed E-state index contributed by atoms with van der Waals surface area (Å²) in [7, 11) is 1.87. The van der Waals surface area contributed by atoms with Crippen LogP contribution >= 0.6 is 0 Å². The van der Waals surface area contributed by atoms with Gasteiger partial charge in [0.1, 0.15) is 6.10 Å². The molecule has 19 heavy (non-hydrogen) atoms. The number of hydrogen-bond donors (Lipinski definition) is 0. The predicted molar refractivity (Wildman–Crippen MR) is 76.9 cm³/mol. The van der Waals surface area contributed by atoms with Crippen molar-refractivity contribution >= 4 is 0 Å². The second-order valence-corrected chi connectivity index (χ2v) is 4.84. The van der Waals surface area contributed by atoms with Crippen LogP contribution < -0.4 is 0 Å². The van der Waals surface area contributed by atoms with Gasteiger partial charge in [-0.2, -0.15) is 5.10 Å². The predicted octanol–water partition coefficient (Wildman–Crippen LogP) is 3.57. The van der Waals surface area contributed by atoms with Gasteiger partial charge in [-0.15, -0.1) is 0 Å². The highest BCUT2D eigenvalue weighted by Crippen LogP contribution is 2.25. The Hall–Kier alpha value is -1.61. The highest BCUT2D eigenvalue weighted by atomic mass is 16.5. The first-order valence-corrected chi connectivity index (χ1v) is 6.56. The third-order valence-corrected chi connectivity index (χ3v) is 2.97. The molecule has 0 aliphatic heterocycles. The molecule has 1 aromatic carbocycles. The van der Waals surface area contributed by atoms with E-state index in [1.54, 1.807) is 10.9 Å². The van der Waals surface area contributed by atoms with Crippen LogP contribution in [0, 0.1) is 5.92 Å². The van der Waals surface area contributed by atoms with Gasteiger partial charge in [0.05, 0.1) is 5.69 Å². The van der Waals surface area contributed by atoms with Crippen molar-refractivity contribution in [3.05, 3.63) is 53.9 Å². The van der Waals surface area contributed by atoms with Crippen molar-refractivity contribution in [2.45, 2.75) is 26.3 Å². The van der Waals surface area contributed by atoms with E-state index >= 15 is 0 Å². The molecule has 0 fully saturated rings. The SMILES string of the molecule is [2H]C([2H])(COC(c1ccccc1)c1ccnn1C)C(C)C. The number of aromatic nitrogens is 2. The number of hydrogen-bond acceptors (Lipinski definition) is 2. The van der Waals surface area contributed by atoms with E-state index in [9.17, 15) is 0 Å². The molecule has 1 aromatic heterocycles. The van der Waals surface area contributed by atoms with Crippen molar-refractivity contribution in [3.8, 4) is 0 Å². The molecule has 3 heteroatoms. The molecule has 0 aliphatic carbocycles. The van der Waals surface area contributed by atoms with Crippen LogP contribution in [-0.2, 0) is 11.8 Å². The zero-order valence-electron chi connectivity index (χ0n) is 13.7. The molecule has 1 atom stereocenters. The molecular weight excluding hydrogens is 236 g/mol. The fraction of sp³-hybridized carbons (Fsp3) is 0.438. The van der Waals surface area contributed by atoms with Crippen molar-refractivity contribution in [1.29, 1.82) is 0 Å². The average Bonchev–Trinajstić information content (AvgIpc) is 2.86. The van der Waals surface area contributed by atoms with Gasteiger partial charge >= 0.3 is 0 Å². The molecule has 102 valence electrons. The van der Waals surface area contributed by atoms with E-state index in [1.165, 1.54) is 0 Å². The summed E-state index contributed by atoms with van der Waals surface area (Å²) in [5.41, 5.74) is 1.92. The monoisotopic (exact) mass is 260 g/mol. The molecule has 0 amide bonds. The summed E-state index contributed by atoms with van der Waals surface area (Å²) in [6.45, 7) is 3.78. The Morgan fingerprint density at radius 3 is 2.58 bits per heavy atom. The van der Waals surface area contributed by atoms with E-state index < -0.39 is 6.37 Å². The van der Waals surface area contributed by atoms with Crippen LogP contribution in [0.3, 0.4) is 0 Å². The molecule has 0 spiro atoms. The first-order chi connectivity index (χ1) is 9.92. The summed E-state index contributed by atoms with van der Waals surface area (Å²) in [6, 6.07) is 11.8. The molecule has 2 aromatic rings. The summed E-state index contributed by atoms with van der Waals surface area (Å²) < 4.78 is 23.8.